The summed E-state index contributed by atoms with van der Waals surface area (Å²) in [5.41, 5.74) is 1.69. The summed E-state index contributed by atoms with van der Waals surface area (Å²) in [7, 11) is 0. The van der Waals surface area contributed by atoms with Gasteiger partial charge in [-0.05, 0) is 55.5 Å². The smallest absolute Gasteiger partial charge is 0.246 e. The van der Waals surface area contributed by atoms with Gasteiger partial charge >= 0.3 is 0 Å². The van der Waals surface area contributed by atoms with Gasteiger partial charge in [0, 0.05) is 20.3 Å². The molecule has 0 unspecified atom stereocenters. The quantitative estimate of drug-likeness (QED) is 0.788. The van der Waals surface area contributed by atoms with E-state index in [-0.39, 0.29) is 11.9 Å². The van der Waals surface area contributed by atoms with Crippen molar-refractivity contribution in [3.63, 3.8) is 0 Å². The Morgan fingerprint density at radius 3 is 1.85 bits per heavy atom. The van der Waals surface area contributed by atoms with Gasteiger partial charge in [0.25, 0.3) is 0 Å². The first kappa shape index (κ1) is 15.1. The predicted molar refractivity (Wildman–Crippen MR) is 90.0 cm³/mol. The van der Waals surface area contributed by atoms with Gasteiger partial charge in [0.05, 0.1) is 0 Å². The van der Waals surface area contributed by atoms with E-state index in [2.05, 4.69) is 42.5 Å². The second kappa shape index (κ2) is 6.90. The first-order valence-electron chi connectivity index (χ1n) is 6.13. The summed E-state index contributed by atoms with van der Waals surface area (Å²) in [6.07, 6.45) is 0. The third-order valence-corrected chi connectivity index (χ3v) is 3.79. The second-order valence-electron chi connectivity index (χ2n) is 4.37. The maximum absolute atomic E-state index is 12.1. The fourth-order valence-electron chi connectivity index (χ4n) is 1.65. The number of halogens is 2. The summed E-state index contributed by atoms with van der Waals surface area (Å²) in [5.74, 6) is -0.0739. The van der Waals surface area contributed by atoms with E-state index in [1.54, 1.807) is 0 Å². The summed E-state index contributed by atoms with van der Waals surface area (Å²) in [6.45, 7) is 1.83. The van der Waals surface area contributed by atoms with E-state index in [0.717, 1.165) is 20.3 Å². The number of carbonyl (C=O) groups is 1. The highest BCUT2D eigenvalue weighted by Gasteiger charge is 2.12. The molecule has 2 N–H and O–H groups in total. The van der Waals surface area contributed by atoms with Crippen molar-refractivity contribution in [3.8, 4) is 0 Å². The van der Waals surface area contributed by atoms with Crippen molar-refractivity contribution in [3.05, 3.63) is 57.5 Å². The highest BCUT2D eigenvalue weighted by atomic mass is 79.9. The Morgan fingerprint density at radius 2 is 1.35 bits per heavy atom. The van der Waals surface area contributed by atoms with Crippen LogP contribution in [-0.4, -0.2) is 11.9 Å². The van der Waals surface area contributed by atoms with Gasteiger partial charge < -0.3 is 10.6 Å². The molecule has 0 aliphatic rings. The Morgan fingerprint density at radius 1 is 0.900 bits per heavy atom. The summed E-state index contributed by atoms with van der Waals surface area (Å²) in [4.78, 5) is 12.1. The van der Waals surface area contributed by atoms with Crippen molar-refractivity contribution in [1.82, 2.24) is 0 Å². The maximum Gasteiger partial charge on any atom is 0.246 e. The largest absolute Gasteiger partial charge is 0.374 e. The van der Waals surface area contributed by atoms with Gasteiger partial charge in [-0.15, -0.1) is 0 Å². The molecule has 3 nitrogen and oxygen atoms in total. The van der Waals surface area contributed by atoms with E-state index in [4.69, 9.17) is 0 Å². The van der Waals surface area contributed by atoms with E-state index in [1.165, 1.54) is 0 Å². The first-order chi connectivity index (χ1) is 9.54. The molecular weight excluding hydrogens is 384 g/mol. The number of rotatable bonds is 4. The molecule has 2 aromatic carbocycles. The lowest BCUT2D eigenvalue weighted by molar-refractivity contribution is -0.116. The minimum Gasteiger partial charge on any atom is -0.374 e. The van der Waals surface area contributed by atoms with Crippen LogP contribution in [0.1, 0.15) is 6.92 Å². The third kappa shape index (κ3) is 4.35. The molecule has 0 fully saturated rings. The SMILES string of the molecule is C[C@@H](Nc1ccc(Br)cc1)C(=O)Nc1ccc(Br)cc1. The van der Waals surface area contributed by atoms with E-state index < -0.39 is 0 Å². The van der Waals surface area contributed by atoms with E-state index in [0.29, 0.717) is 0 Å². The Balaban J connectivity index is 1.94. The van der Waals surface area contributed by atoms with Crippen LogP contribution in [-0.2, 0) is 4.79 Å². The monoisotopic (exact) mass is 396 g/mol. The highest BCUT2D eigenvalue weighted by molar-refractivity contribution is 9.10. The molecule has 0 radical (unpaired) electrons. The average Bonchev–Trinajstić information content (AvgIpc) is 2.44. The molecule has 0 saturated carbocycles. The fourth-order valence-corrected chi connectivity index (χ4v) is 2.17. The molecule has 1 amide bonds. The lowest BCUT2D eigenvalue weighted by atomic mass is 10.2. The molecule has 0 aliphatic carbocycles. The summed E-state index contributed by atoms with van der Waals surface area (Å²) in [6, 6.07) is 14.9. The van der Waals surface area contributed by atoms with Crippen LogP contribution in [0, 0.1) is 0 Å². The number of anilines is 2. The zero-order valence-electron chi connectivity index (χ0n) is 10.9. The van der Waals surface area contributed by atoms with Crippen molar-refractivity contribution in [2.75, 3.05) is 10.6 Å². The lowest BCUT2D eigenvalue weighted by Gasteiger charge is -2.15. The molecule has 20 heavy (non-hydrogen) atoms. The molecule has 0 saturated heterocycles. The Kier molecular flexibility index (Phi) is 5.20. The lowest BCUT2D eigenvalue weighted by Crippen LogP contribution is -2.31. The molecular formula is C15H14Br2N2O. The Hall–Kier alpha value is -1.33. The Bertz CT molecular complexity index is 582. The molecule has 0 aliphatic heterocycles. The molecule has 1 atom stereocenters. The standard InChI is InChI=1S/C15H14Br2N2O/c1-10(18-13-6-2-11(16)3-7-13)15(20)19-14-8-4-12(17)5-9-14/h2-10,18H,1H3,(H,19,20)/t10-/m1/s1. The molecule has 0 spiro atoms. The molecule has 104 valence electrons. The topological polar surface area (TPSA) is 41.1 Å². The van der Waals surface area contributed by atoms with Crippen molar-refractivity contribution in [2.45, 2.75) is 13.0 Å². The van der Waals surface area contributed by atoms with Crippen LogP contribution in [0.5, 0.6) is 0 Å². The second-order valence-corrected chi connectivity index (χ2v) is 6.20. The fraction of sp³-hybridized carbons (Fsp3) is 0.133. The first-order valence-corrected chi connectivity index (χ1v) is 7.72. The van der Waals surface area contributed by atoms with Crippen LogP contribution in [0.25, 0.3) is 0 Å². The number of hydrogen-bond donors (Lipinski definition) is 2. The van der Waals surface area contributed by atoms with Gasteiger partial charge in [0.1, 0.15) is 6.04 Å². The van der Waals surface area contributed by atoms with Gasteiger partial charge in [0.15, 0.2) is 0 Å². The van der Waals surface area contributed by atoms with Crippen LogP contribution >= 0.6 is 31.9 Å². The van der Waals surface area contributed by atoms with Crippen molar-refractivity contribution >= 4 is 49.1 Å². The van der Waals surface area contributed by atoms with Crippen LogP contribution in [0.4, 0.5) is 11.4 Å². The zero-order valence-corrected chi connectivity index (χ0v) is 14.0. The van der Waals surface area contributed by atoms with E-state index in [9.17, 15) is 4.79 Å². The van der Waals surface area contributed by atoms with Gasteiger partial charge in [-0.1, -0.05) is 31.9 Å². The molecule has 2 rings (SSSR count). The molecule has 0 bridgehead atoms. The summed E-state index contributed by atoms with van der Waals surface area (Å²) >= 11 is 6.74. The molecule has 2 aromatic rings. The van der Waals surface area contributed by atoms with Crippen molar-refractivity contribution in [1.29, 1.82) is 0 Å². The zero-order chi connectivity index (χ0) is 14.5. The maximum atomic E-state index is 12.1. The number of carbonyl (C=O) groups excluding carboxylic acids is 1. The van der Waals surface area contributed by atoms with Crippen LogP contribution in [0.2, 0.25) is 0 Å². The van der Waals surface area contributed by atoms with Crippen molar-refractivity contribution in [2.24, 2.45) is 0 Å². The molecule has 0 aromatic heterocycles. The van der Waals surface area contributed by atoms with Crippen molar-refractivity contribution < 1.29 is 4.79 Å². The number of hydrogen-bond acceptors (Lipinski definition) is 2. The van der Waals surface area contributed by atoms with Gasteiger partial charge in [0.2, 0.25) is 5.91 Å². The van der Waals surface area contributed by atoms with Crippen LogP contribution in [0.15, 0.2) is 57.5 Å². The number of nitrogens with one attached hydrogen (secondary N) is 2. The molecule has 0 heterocycles. The number of benzene rings is 2. The minimum absolute atomic E-state index is 0.0739. The summed E-state index contributed by atoms with van der Waals surface area (Å²) in [5, 5.41) is 6.03. The van der Waals surface area contributed by atoms with Gasteiger partial charge in [-0.3, -0.25) is 4.79 Å². The van der Waals surface area contributed by atoms with E-state index >= 15 is 0 Å². The van der Waals surface area contributed by atoms with Gasteiger partial charge in [-0.2, -0.15) is 0 Å². The van der Waals surface area contributed by atoms with Crippen LogP contribution in [0.3, 0.4) is 0 Å². The number of amides is 1. The normalized spacial score (nSPS) is 11.8. The minimum atomic E-state index is -0.320. The Labute approximate surface area is 135 Å². The summed E-state index contributed by atoms with van der Waals surface area (Å²) < 4.78 is 1.99. The van der Waals surface area contributed by atoms with Crippen LogP contribution < -0.4 is 10.6 Å². The average molecular weight is 398 g/mol. The van der Waals surface area contributed by atoms with E-state index in [1.807, 2.05) is 55.5 Å². The third-order valence-electron chi connectivity index (χ3n) is 2.73. The highest BCUT2D eigenvalue weighted by Crippen LogP contribution is 2.16. The predicted octanol–water partition coefficient (Wildman–Crippen LogP) is 4.65. The molecule has 5 heteroatoms. The van der Waals surface area contributed by atoms with Gasteiger partial charge in [-0.25, -0.2) is 0 Å².